The van der Waals surface area contributed by atoms with Crippen LogP contribution < -0.4 is 0 Å². The van der Waals surface area contributed by atoms with Gasteiger partial charge in [-0.3, -0.25) is 4.79 Å². The molecule has 0 saturated carbocycles. The number of ether oxygens (including phenoxy) is 1. The van der Waals surface area contributed by atoms with Crippen molar-refractivity contribution in [3.63, 3.8) is 0 Å². The summed E-state index contributed by atoms with van der Waals surface area (Å²) in [5.74, 6) is -0.468. The molecular formula is C17H32O4Si. The Morgan fingerprint density at radius 1 is 1.05 bits per heavy atom. The van der Waals surface area contributed by atoms with Crippen LogP contribution in [-0.2, 0) is 18.8 Å². The molecule has 0 aromatic carbocycles. The zero-order chi connectivity index (χ0) is 17.3. The Morgan fingerprint density at radius 3 is 1.91 bits per heavy atom. The number of rotatable bonds is 10. The fraction of sp³-hybridized carbons (Fsp3) is 0.765. The molecule has 0 aliphatic heterocycles. The second kappa shape index (κ2) is 9.95. The van der Waals surface area contributed by atoms with E-state index < -0.39 is 14.3 Å². The number of esters is 1. The van der Waals surface area contributed by atoms with Gasteiger partial charge < -0.3 is 9.16 Å². The first kappa shape index (κ1) is 21.1. The molecule has 4 nitrogen and oxygen atoms in total. The van der Waals surface area contributed by atoms with Gasteiger partial charge in [0.15, 0.2) is 8.32 Å². The second-order valence-electron chi connectivity index (χ2n) is 6.51. The van der Waals surface area contributed by atoms with E-state index in [0.717, 1.165) is 0 Å². The summed E-state index contributed by atoms with van der Waals surface area (Å²) in [6.07, 6.45) is 2.43. The summed E-state index contributed by atoms with van der Waals surface area (Å²) in [5, 5.41) is 0. The topological polar surface area (TPSA) is 52.6 Å². The van der Waals surface area contributed by atoms with Crippen LogP contribution in [0.15, 0.2) is 11.6 Å². The Bertz CT molecular complexity index is 364. The minimum absolute atomic E-state index is 0.308. The molecule has 5 heteroatoms. The van der Waals surface area contributed by atoms with Crippen LogP contribution in [-0.4, -0.2) is 33.8 Å². The van der Waals surface area contributed by atoms with E-state index in [2.05, 4.69) is 41.5 Å². The van der Waals surface area contributed by atoms with Gasteiger partial charge in [0.05, 0.1) is 6.61 Å². The van der Waals surface area contributed by atoms with Gasteiger partial charge in [0.2, 0.25) is 0 Å². The van der Waals surface area contributed by atoms with Crippen molar-refractivity contribution in [1.29, 1.82) is 0 Å². The number of hydrogen-bond donors (Lipinski definition) is 0. The number of aldehydes is 1. The first-order valence-corrected chi connectivity index (χ1v) is 10.3. The lowest BCUT2D eigenvalue weighted by Gasteiger charge is -2.42. The van der Waals surface area contributed by atoms with Crippen molar-refractivity contribution in [3.05, 3.63) is 11.6 Å². The highest BCUT2D eigenvalue weighted by Gasteiger charge is 2.44. The summed E-state index contributed by atoms with van der Waals surface area (Å²) >= 11 is 0. The molecule has 0 rings (SSSR count). The molecule has 0 bridgehead atoms. The molecule has 0 aromatic rings. The third kappa shape index (κ3) is 5.69. The van der Waals surface area contributed by atoms with E-state index in [4.69, 9.17) is 9.16 Å². The fourth-order valence-electron chi connectivity index (χ4n) is 3.35. The monoisotopic (exact) mass is 328 g/mol. The zero-order valence-electron chi connectivity index (χ0n) is 15.1. The Hall–Kier alpha value is -0.943. The van der Waals surface area contributed by atoms with Crippen LogP contribution in [0.3, 0.4) is 0 Å². The molecule has 0 unspecified atom stereocenters. The third-order valence-electron chi connectivity index (χ3n) is 4.19. The molecule has 0 aromatic heterocycles. The Labute approximate surface area is 136 Å². The largest absolute Gasteiger partial charge is 0.463 e. The van der Waals surface area contributed by atoms with Crippen LogP contribution in [0.2, 0.25) is 16.6 Å². The summed E-state index contributed by atoms with van der Waals surface area (Å²) in [6.45, 7) is 15.9. The standard InChI is InChI=1S/C17H32O4Si/c1-8-20-17(19)11-16(12-18)9-10-21-22(13(2)3,14(4)5)15(6)7/h11-15H,8-10H2,1-7H3/b16-11+. The van der Waals surface area contributed by atoms with Gasteiger partial charge >= 0.3 is 5.97 Å². The number of carbonyl (C=O) groups excluding carboxylic acids is 2. The second-order valence-corrected chi connectivity index (χ2v) is 12.0. The van der Waals surface area contributed by atoms with Gasteiger partial charge in [-0.2, -0.15) is 0 Å². The molecule has 0 saturated heterocycles. The number of hydrogen-bond acceptors (Lipinski definition) is 4. The molecule has 22 heavy (non-hydrogen) atoms. The summed E-state index contributed by atoms with van der Waals surface area (Å²) in [4.78, 5) is 22.5. The average Bonchev–Trinajstić information content (AvgIpc) is 2.41. The minimum Gasteiger partial charge on any atom is -0.463 e. The lowest BCUT2D eigenvalue weighted by Crippen LogP contribution is -2.48. The van der Waals surface area contributed by atoms with Gasteiger partial charge in [0.25, 0.3) is 0 Å². The predicted octanol–water partition coefficient (Wildman–Crippen LogP) is 4.26. The molecule has 0 spiro atoms. The maximum absolute atomic E-state index is 11.4. The molecule has 0 fully saturated rings. The summed E-state index contributed by atoms with van der Waals surface area (Å²) in [5.41, 5.74) is 1.93. The van der Waals surface area contributed by atoms with E-state index >= 15 is 0 Å². The minimum atomic E-state index is -1.92. The third-order valence-corrected chi connectivity index (χ3v) is 10.3. The van der Waals surface area contributed by atoms with Gasteiger partial charge in [0.1, 0.15) is 6.29 Å². The molecule has 0 heterocycles. The summed E-state index contributed by atoms with van der Waals surface area (Å²) in [7, 11) is -1.92. The van der Waals surface area contributed by atoms with Gasteiger partial charge in [-0.05, 0) is 30.0 Å². The summed E-state index contributed by atoms with van der Waals surface area (Å²) in [6, 6.07) is 0. The average molecular weight is 329 g/mol. The predicted molar refractivity (Wildman–Crippen MR) is 92.4 cm³/mol. The lowest BCUT2D eigenvalue weighted by molar-refractivity contribution is -0.137. The quantitative estimate of drug-likeness (QED) is 0.260. The van der Waals surface area contributed by atoms with Crippen molar-refractivity contribution >= 4 is 20.6 Å². The van der Waals surface area contributed by atoms with Crippen LogP contribution in [0.25, 0.3) is 0 Å². The van der Waals surface area contributed by atoms with Crippen molar-refractivity contribution in [2.24, 2.45) is 0 Å². The Morgan fingerprint density at radius 2 is 1.55 bits per heavy atom. The highest BCUT2D eigenvalue weighted by molar-refractivity contribution is 6.77. The SMILES string of the molecule is CCOC(=O)/C=C(/C=O)CCO[Si](C(C)C)(C(C)C)C(C)C. The van der Waals surface area contributed by atoms with Crippen molar-refractivity contribution < 1.29 is 18.8 Å². The molecule has 0 atom stereocenters. The molecule has 0 aliphatic rings. The van der Waals surface area contributed by atoms with Crippen molar-refractivity contribution in [2.75, 3.05) is 13.2 Å². The van der Waals surface area contributed by atoms with Gasteiger partial charge in [0, 0.05) is 18.3 Å². The zero-order valence-corrected chi connectivity index (χ0v) is 16.1. The van der Waals surface area contributed by atoms with E-state index in [1.165, 1.54) is 6.08 Å². The maximum atomic E-state index is 11.4. The molecule has 128 valence electrons. The van der Waals surface area contributed by atoms with Crippen LogP contribution in [0.4, 0.5) is 0 Å². The normalized spacial score (nSPS) is 13.1. The van der Waals surface area contributed by atoms with E-state index in [-0.39, 0.29) is 0 Å². The molecule has 0 aliphatic carbocycles. The van der Waals surface area contributed by atoms with E-state index in [0.29, 0.717) is 48.1 Å². The van der Waals surface area contributed by atoms with E-state index in [1.54, 1.807) is 6.92 Å². The fourth-order valence-corrected chi connectivity index (χ4v) is 8.80. The first-order chi connectivity index (χ1) is 10.2. The highest BCUT2D eigenvalue weighted by atomic mass is 28.4. The van der Waals surface area contributed by atoms with Crippen molar-refractivity contribution in [2.45, 2.75) is 71.5 Å². The maximum Gasteiger partial charge on any atom is 0.331 e. The summed E-state index contributed by atoms with van der Waals surface area (Å²) < 4.78 is 11.2. The Kier molecular flexibility index (Phi) is 9.52. The van der Waals surface area contributed by atoms with E-state index in [1.807, 2.05) is 0 Å². The first-order valence-electron chi connectivity index (χ1n) is 8.18. The molecule has 0 amide bonds. The van der Waals surface area contributed by atoms with Crippen LogP contribution in [0.5, 0.6) is 0 Å². The van der Waals surface area contributed by atoms with Gasteiger partial charge in [-0.25, -0.2) is 4.79 Å². The van der Waals surface area contributed by atoms with E-state index in [9.17, 15) is 9.59 Å². The van der Waals surface area contributed by atoms with Gasteiger partial charge in [-0.1, -0.05) is 41.5 Å². The van der Waals surface area contributed by atoms with Gasteiger partial charge in [-0.15, -0.1) is 0 Å². The van der Waals surface area contributed by atoms with Crippen molar-refractivity contribution in [1.82, 2.24) is 0 Å². The van der Waals surface area contributed by atoms with Crippen LogP contribution in [0, 0.1) is 0 Å². The highest BCUT2D eigenvalue weighted by Crippen LogP contribution is 2.42. The molecule has 0 radical (unpaired) electrons. The molecular weight excluding hydrogens is 296 g/mol. The Balaban J connectivity index is 4.87. The van der Waals surface area contributed by atoms with Crippen LogP contribution in [0.1, 0.15) is 54.9 Å². The smallest absolute Gasteiger partial charge is 0.331 e. The van der Waals surface area contributed by atoms with Crippen LogP contribution >= 0.6 is 0 Å². The lowest BCUT2D eigenvalue weighted by atomic mass is 10.2. The number of carbonyl (C=O) groups is 2. The molecule has 0 N–H and O–H groups in total. The van der Waals surface area contributed by atoms with Crippen molar-refractivity contribution in [3.8, 4) is 0 Å².